The molecule has 2 atom stereocenters. The monoisotopic (exact) mass is 282 g/mol. The maximum Gasteiger partial charge on any atom is 0.123 e. The Labute approximate surface area is 125 Å². The van der Waals surface area contributed by atoms with E-state index in [9.17, 15) is 4.39 Å². The van der Waals surface area contributed by atoms with Gasteiger partial charge in [-0.2, -0.15) is 5.26 Å². The van der Waals surface area contributed by atoms with E-state index >= 15 is 0 Å². The van der Waals surface area contributed by atoms with E-state index in [4.69, 9.17) is 5.26 Å². The lowest BCUT2D eigenvalue weighted by atomic mass is 9.97. The standard InChI is InChI=1S/C18H19FN2/c1-2-17(12-13-20)21-18(14-6-4-3-5-7-14)15-8-10-16(19)11-9-15/h3-11,17-18,21H,2,12H2,1H3. The van der Waals surface area contributed by atoms with Crippen LogP contribution in [0.3, 0.4) is 0 Å². The third-order valence-corrected chi connectivity index (χ3v) is 3.57. The Morgan fingerprint density at radius 1 is 1.05 bits per heavy atom. The van der Waals surface area contributed by atoms with Crippen LogP contribution in [0.5, 0.6) is 0 Å². The maximum atomic E-state index is 13.1. The van der Waals surface area contributed by atoms with E-state index in [1.165, 1.54) is 12.1 Å². The van der Waals surface area contributed by atoms with E-state index in [-0.39, 0.29) is 17.9 Å². The molecule has 2 aromatic rings. The molecule has 1 N–H and O–H groups in total. The minimum atomic E-state index is -0.241. The van der Waals surface area contributed by atoms with Crippen molar-refractivity contribution in [3.63, 3.8) is 0 Å². The van der Waals surface area contributed by atoms with E-state index in [0.29, 0.717) is 6.42 Å². The van der Waals surface area contributed by atoms with Crippen LogP contribution in [0.1, 0.15) is 36.9 Å². The molecule has 0 radical (unpaired) electrons. The summed E-state index contributed by atoms with van der Waals surface area (Å²) in [5.74, 6) is -0.241. The first-order valence-electron chi connectivity index (χ1n) is 7.18. The average Bonchev–Trinajstić information content (AvgIpc) is 2.53. The number of nitriles is 1. The van der Waals surface area contributed by atoms with Crippen molar-refractivity contribution < 1.29 is 4.39 Å². The minimum absolute atomic E-state index is 0.0369. The molecule has 0 aromatic heterocycles. The second-order valence-corrected chi connectivity index (χ2v) is 5.03. The molecule has 0 bridgehead atoms. The predicted molar refractivity (Wildman–Crippen MR) is 82.1 cm³/mol. The van der Waals surface area contributed by atoms with Crippen LogP contribution in [0.4, 0.5) is 4.39 Å². The van der Waals surface area contributed by atoms with Gasteiger partial charge in [0.25, 0.3) is 0 Å². The van der Waals surface area contributed by atoms with Crippen molar-refractivity contribution in [2.75, 3.05) is 0 Å². The third-order valence-electron chi connectivity index (χ3n) is 3.57. The van der Waals surface area contributed by atoms with Gasteiger partial charge in [-0.1, -0.05) is 49.4 Å². The Morgan fingerprint density at radius 2 is 1.67 bits per heavy atom. The first-order valence-corrected chi connectivity index (χ1v) is 7.18. The molecule has 0 heterocycles. The van der Waals surface area contributed by atoms with E-state index in [1.807, 2.05) is 30.3 Å². The molecule has 0 aliphatic rings. The number of hydrogen-bond donors (Lipinski definition) is 1. The molecule has 2 unspecified atom stereocenters. The molecule has 0 fully saturated rings. The van der Waals surface area contributed by atoms with Crippen LogP contribution in [0.2, 0.25) is 0 Å². The highest BCUT2D eigenvalue weighted by Crippen LogP contribution is 2.23. The molecule has 0 spiro atoms. The molecule has 21 heavy (non-hydrogen) atoms. The lowest BCUT2D eigenvalue weighted by Gasteiger charge is -2.24. The van der Waals surface area contributed by atoms with E-state index in [1.54, 1.807) is 12.1 Å². The predicted octanol–water partition coefficient (Wildman–Crippen LogP) is 4.20. The highest BCUT2D eigenvalue weighted by molar-refractivity contribution is 5.32. The molecule has 0 saturated carbocycles. The molecule has 2 rings (SSSR count). The van der Waals surface area contributed by atoms with Gasteiger partial charge in [0.05, 0.1) is 18.5 Å². The van der Waals surface area contributed by atoms with Gasteiger partial charge in [-0.15, -0.1) is 0 Å². The van der Waals surface area contributed by atoms with Crippen molar-refractivity contribution in [1.29, 1.82) is 5.26 Å². The van der Waals surface area contributed by atoms with Gasteiger partial charge in [0.2, 0.25) is 0 Å². The Balaban J connectivity index is 2.31. The normalized spacial score (nSPS) is 13.4. The smallest absolute Gasteiger partial charge is 0.123 e. The Bertz CT molecular complexity index is 587. The van der Waals surface area contributed by atoms with E-state index < -0.39 is 0 Å². The molecule has 2 aromatic carbocycles. The van der Waals surface area contributed by atoms with Gasteiger partial charge >= 0.3 is 0 Å². The molecular weight excluding hydrogens is 263 g/mol. The van der Waals surface area contributed by atoms with Gasteiger partial charge in [0, 0.05) is 6.04 Å². The SMILES string of the molecule is CCC(CC#N)NC(c1ccccc1)c1ccc(F)cc1. The zero-order valence-electron chi connectivity index (χ0n) is 12.1. The first kappa shape index (κ1) is 15.2. The van der Waals surface area contributed by atoms with Crippen molar-refractivity contribution in [2.45, 2.75) is 31.8 Å². The fourth-order valence-electron chi connectivity index (χ4n) is 2.35. The van der Waals surface area contributed by atoms with E-state index in [0.717, 1.165) is 17.5 Å². The summed E-state index contributed by atoms with van der Waals surface area (Å²) in [6, 6.07) is 18.8. The van der Waals surface area contributed by atoms with Crippen molar-refractivity contribution in [3.05, 3.63) is 71.5 Å². The number of nitrogens with one attached hydrogen (secondary N) is 1. The summed E-state index contributed by atoms with van der Waals surface area (Å²) in [5, 5.41) is 12.4. The van der Waals surface area contributed by atoms with Crippen LogP contribution in [0.25, 0.3) is 0 Å². The van der Waals surface area contributed by atoms with Crippen LogP contribution in [-0.4, -0.2) is 6.04 Å². The molecule has 0 aliphatic carbocycles. The van der Waals surface area contributed by atoms with Crippen LogP contribution >= 0.6 is 0 Å². The van der Waals surface area contributed by atoms with Gasteiger partial charge < -0.3 is 5.32 Å². The topological polar surface area (TPSA) is 35.8 Å². The summed E-state index contributed by atoms with van der Waals surface area (Å²) in [4.78, 5) is 0. The lowest BCUT2D eigenvalue weighted by Crippen LogP contribution is -2.32. The number of halogens is 1. The number of rotatable bonds is 6. The zero-order valence-corrected chi connectivity index (χ0v) is 12.1. The van der Waals surface area contributed by atoms with Crippen molar-refractivity contribution >= 4 is 0 Å². The maximum absolute atomic E-state index is 13.1. The first-order chi connectivity index (χ1) is 10.2. The van der Waals surface area contributed by atoms with Gasteiger partial charge in [-0.25, -0.2) is 4.39 Å². The Morgan fingerprint density at radius 3 is 2.24 bits per heavy atom. The second-order valence-electron chi connectivity index (χ2n) is 5.03. The molecule has 0 saturated heterocycles. The summed E-state index contributed by atoms with van der Waals surface area (Å²) in [6.07, 6.45) is 1.33. The second kappa shape index (κ2) is 7.56. The van der Waals surface area contributed by atoms with Crippen LogP contribution in [-0.2, 0) is 0 Å². The Kier molecular flexibility index (Phi) is 5.48. The molecule has 108 valence electrons. The fourth-order valence-corrected chi connectivity index (χ4v) is 2.35. The lowest BCUT2D eigenvalue weighted by molar-refractivity contribution is 0.463. The fraction of sp³-hybridized carbons (Fsp3) is 0.278. The van der Waals surface area contributed by atoms with Crippen LogP contribution in [0, 0.1) is 17.1 Å². The highest BCUT2D eigenvalue weighted by Gasteiger charge is 2.17. The summed E-state index contributed by atoms with van der Waals surface area (Å²) in [6.45, 7) is 2.06. The van der Waals surface area contributed by atoms with Crippen molar-refractivity contribution in [1.82, 2.24) is 5.32 Å². The highest BCUT2D eigenvalue weighted by atomic mass is 19.1. The molecule has 0 amide bonds. The summed E-state index contributed by atoms with van der Waals surface area (Å²) < 4.78 is 13.1. The summed E-state index contributed by atoms with van der Waals surface area (Å²) in [5.41, 5.74) is 2.11. The largest absolute Gasteiger partial charge is 0.302 e. The molecule has 0 aliphatic heterocycles. The van der Waals surface area contributed by atoms with Crippen LogP contribution in [0.15, 0.2) is 54.6 Å². The number of hydrogen-bond acceptors (Lipinski definition) is 2. The third kappa shape index (κ3) is 4.14. The van der Waals surface area contributed by atoms with Crippen LogP contribution < -0.4 is 5.32 Å². The number of benzene rings is 2. The van der Waals surface area contributed by atoms with Gasteiger partial charge in [-0.3, -0.25) is 0 Å². The molecular formula is C18H19FN2. The van der Waals surface area contributed by atoms with Crippen molar-refractivity contribution in [3.8, 4) is 6.07 Å². The van der Waals surface area contributed by atoms with E-state index in [2.05, 4.69) is 18.3 Å². The quantitative estimate of drug-likeness (QED) is 0.862. The molecule has 3 heteroatoms. The minimum Gasteiger partial charge on any atom is -0.302 e. The van der Waals surface area contributed by atoms with Gasteiger partial charge in [-0.05, 0) is 29.7 Å². The zero-order chi connectivity index (χ0) is 15.1. The van der Waals surface area contributed by atoms with Gasteiger partial charge in [0.1, 0.15) is 5.82 Å². The molecule has 2 nitrogen and oxygen atoms in total. The summed E-state index contributed by atoms with van der Waals surface area (Å²) in [7, 11) is 0. The average molecular weight is 282 g/mol. The van der Waals surface area contributed by atoms with Crippen molar-refractivity contribution in [2.24, 2.45) is 0 Å². The Hall–Kier alpha value is -2.18. The van der Waals surface area contributed by atoms with Gasteiger partial charge in [0.15, 0.2) is 0 Å². The summed E-state index contributed by atoms with van der Waals surface area (Å²) >= 11 is 0. The number of nitrogens with zero attached hydrogens (tertiary/aromatic N) is 1.